The molecular formula is C20H24N4O3. The van der Waals surface area contributed by atoms with Gasteiger partial charge in [0.25, 0.3) is 11.8 Å². The van der Waals surface area contributed by atoms with Crippen molar-refractivity contribution in [3.05, 3.63) is 53.3 Å². The van der Waals surface area contributed by atoms with Crippen LogP contribution in [0.2, 0.25) is 0 Å². The highest BCUT2D eigenvalue weighted by molar-refractivity contribution is 5.98. The van der Waals surface area contributed by atoms with Gasteiger partial charge in [-0.05, 0) is 12.0 Å². The van der Waals surface area contributed by atoms with Crippen molar-refractivity contribution in [2.75, 3.05) is 20.3 Å². The van der Waals surface area contributed by atoms with E-state index in [1.807, 2.05) is 37.3 Å². The fourth-order valence-corrected chi connectivity index (χ4v) is 3.94. The summed E-state index contributed by atoms with van der Waals surface area (Å²) in [6.45, 7) is 3.46. The second-order valence-electron chi connectivity index (χ2n) is 7.14. The van der Waals surface area contributed by atoms with Gasteiger partial charge in [0.15, 0.2) is 5.69 Å². The van der Waals surface area contributed by atoms with E-state index >= 15 is 0 Å². The van der Waals surface area contributed by atoms with Gasteiger partial charge in [-0.3, -0.25) is 14.3 Å². The van der Waals surface area contributed by atoms with Crippen molar-refractivity contribution in [3.8, 4) is 0 Å². The number of amides is 2. The maximum Gasteiger partial charge on any atom is 0.271 e. The first kappa shape index (κ1) is 17.7. The van der Waals surface area contributed by atoms with Crippen molar-refractivity contribution in [2.45, 2.75) is 25.4 Å². The Morgan fingerprint density at radius 2 is 1.93 bits per heavy atom. The molecule has 2 aromatic rings. The lowest BCUT2D eigenvalue weighted by Gasteiger charge is -2.19. The molecule has 2 aliphatic rings. The number of rotatable bonds is 6. The number of nitrogens with one attached hydrogen (secondary N) is 2. The predicted molar refractivity (Wildman–Crippen MR) is 99.5 cm³/mol. The van der Waals surface area contributed by atoms with E-state index in [2.05, 4.69) is 15.7 Å². The lowest BCUT2D eigenvalue weighted by atomic mass is 10.0. The standard InChI is InChI=1S/C20H24N4O3/c1-3-16(12-7-5-4-6-8-12)24-17(9-15(23-24)19(25)21-2)20(26)22-18-13-10-27-11-14(13)18/h4-9,13-14,16,18H,3,10-11H2,1-2H3,(H,21,25)(H,22,26)/t13-,14+,16-,18?/m0/s1. The van der Waals surface area contributed by atoms with E-state index in [4.69, 9.17) is 4.74 Å². The van der Waals surface area contributed by atoms with Gasteiger partial charge >= 0.3 is 0 Å². The second kappa shape index (κ2) is 7.15. The number of benzene rings is 1. The average Bonchev–Trinajstić information content (AvgIpc) is 3.09. The van der Waals surface area contributed by atoms with E-state index < -0.39 is 0 Å². The fourth-order valence-electron chi connectivity index (χ4n) is 3.94. The van der Waals surface area contributed by atoms with Crippen LogP contribution in [-0.2, 0) is 4.74 Å². The number of hydrogen-bond acceptors (Lipinski definition) is 4. The summed E-state index contributed by atoms with van der Waals surface area (Å²) in [6.07, 6.45) is 0.752. The van der Waals surface area contributed by atoms with Crippen molar-refractivity contribution in [2.24, 2.45) is 11.8 Å². The van der Waals surface area contributed by atoms with E-state index in [9.17, 15) is 9.59 Å². The molecule has 1 aromatic carbocycles. The number of carbonyl (C=O) groups excluding carboxylic acids is 2. The zero-order valence-corrected chi connectivity index (χ0v) is 15.5. The van der Waals surface area contributed by atoms with Crippen LogP contribution < -0.4 is 10.6 Å². The summed E-state index contributed by atoms with van der Waals surface area (Å²) < 4.78 is 7.07. The van der Waals surface area contributed by atoms with E-state index in [1.54, 1.807) is 17.8 Å². The molecule has 1 saturated carbocycles. The third-order valence-electron chi connectivity index (χ3n) is 5.54. The van der Waals surface area contributed by atoms with Gasteiger partial charge in [0.05, 0.1) is 19.3 Å². The third-order valence-corrected chi connectivity index (χ3v) is 5.54. The van der Waals surface area contributed by atoms with Gasteiger partial charge in [-0.25, -0.2) is 0 Å². The number of ether oxygens (including phenoxy) is 1. The van der Waals surface area contributed by atoms with Crippen LogP contribution in [0.15, 0.2) is 36.4 Å². The quantitative estimate of drug-likeness (QED) is 0.811. The number of carbonyl (C=O) groups is 2. The van der Waals surface area contributed by atoms with Crippen molar-refractivity contribution in [1.29, 1.82) is 0 Å². The summed E-state index contributed by atoms with van der Waals surface area (Å²) in [7, 11) is 1.56. The molecule has 2 fully saturated rings. The Morgan fingerprint density at radius 3 is 2.56 bits per heavy atom. The molecule has 1 aliphatic heterocycles. The van der Waals surface area contributed by atoms with Crippen LogP contribution in [0.25, 0.3) is 0 Å². The summed E-state index contributed by atoms with van der Waals surface area (Å²) in [5, 5.41) is 10.2. The Balaban J connectivity index is 1.65. The van der Waals surface area contributed by atoms with E-state index in [1.165, 1.54) is 0 Å². The number of fused-ring (bicyclic) bond motifs is 1. The molecule has 142 valence electrons. The molecule has 27 heavy (non-hydrogen) atoms. The van der Waals surface area contributed by atoms with Gasteiger partial charge < -0.3 is 15.4 Å². The average molecular weight is 368 g/mol. The topological polar surface area (TPSA) is 85.2 Å². The van der Waals surface area contributed by atoms with Crippen molar-refractivity contribution < 1.29 is 14.3 Å². The van der Waals surface area contributed by atoms with Crippen LogP contribution in [-0.4, -0.2) is 47.9 Å². The first-order chi connectivity index (χ1) is 13.1. The molecule has 7 nitrogen and oxygen atoms in total. The summed E-state index contributed by atoms with van der Waals surface area (Å²) >= 11 is 0. The van der Waals surface area contributed by atoms with E-state index in [0.29, 0.717) is 30.7 Å². The molecule has 1 saturated heterocycles. The molecule has 0 bridgehead atoms. The van der Waals surface area contributed by atoms with Crippen LogP contribution in [0.1, 0.15) is 45.9 Å². The van der Waals surface area contributed by atoms with Gasteiger partial charge in [0.2, 0.25) is 0 Å². The van der Waals surface area contributed by atoms with Crippen molar-refractivity contribution in [3.63, 3.8) is 0 Å². The minimum Gasteiger partial charge on any atom is -0.381 e. The zero-order valence-electron chi connectivity index (χ0n) is 15.5. The summed E-state index contributed by atoms with van der Waals surface area (Å²) in [4.78, 5) is 25.1. The van der Waals surface area contributed by atoms with Crippen LogP contribution in [0.4, 0.5) is 0 Å². The van der Waals surface area contributed by atoms with Crippen molar-refractivity contribution in [1.82, 2.24) is 20.4 Å². The molecule has 0 spiro atoms. The minimum absolute atomic E-state index is 0.118. The molecule has 7 heteroatoms. The van der Waals surface area contributed by atoms with Crippen LogP contribution in [0, 0.1) is 11.8 Å². The molecular weight excluding hydrogens is 344 g/mol. The monoisotopic (exact) mass is 368 g/mol. The Morgan fingerprint density at radius 1 is 1.22 bits per heavy atom. The predicted octanol–water partition coefficient (Wildman–Crippen LogP) is 1.62. The van der Waals surface area contributed by atoms with E-state index in [0.717, 1.165) is 12.0 Å². The number of aromatic nitrogens is 2. The van der Waals surface area contributed by atoms with Gasteiger partial charge in [-0.2, -0.15) is 5.10 Å². The lowest BCUT2D eigenvalue weighted by molar-refractivity contribution is 0.0914. The number of hydrogen-bond donors (Lipinski definition) is 2. The molecule has 1 aromatic heterocycles. The van der Waals surface area contributed by atoms with Crippen LogP contribution in [0.5, 0.6) is 0 Å². The Labute approximate surface area is 158 Å². The smallest absolute Gasteiger partial charge is 0.271 e. The first-order valence-corrected chi connectivity index (χ1v) is 9.39. The Bertz CT molecular complexity index is 838. The largest absolute Gasteiger partial charge is 0.381 e. The molecule has 1 unspecified atom stereocenters. The maximum absolute atomic E-state index is 13.0. The highest BCUT2D eigenvalue weighted by atomic mass is 16.5. The molecule has 2 N–H and O–H groups in total. The lowest BCUT2D eigenvalue weighted by Crippen LogP contribution is -2.32. The minimum atomic E-state index is -0.303. The van der Waals surface area contributed by atoms with Crippen molar-refractivity contribution >= 4 is 11.8 Å². The highest BCUT2D eigenvalue weighted by Crippen LogP contribution is 2.44. The maximum atomic E-state index is 13.0. The summed E-state index contributed by atoms with van der Waals surface area (Å²) in [6, 6.07) is 11.5. The molecule has 2 amide bonds. The molecule has 4 atom stereocenters. The normalized spacial score (nSPS) is 24.1. The summed E-state index contributed by atoms with van der Waals surface area (Å²) in [5.41, 5.74) is 1.71. The second-order valence-corrected chi connectivity index (χ2v) is 7.14. The number of nitrogens with zero attached hydrogens (tertiary/aromatic N) is 2. The van der Waals surface area contributed by atoms with Gasteiger partial charge in [0, 0.05) is 31.0 Å². The zero-order chi connectivity index (χ0) is 19.0. The van der Waals surface area contributed by atoms with Gasteiger partial charge in [0.1, 0.15) is 5.69 Å². The molecule has 4 rings (SSSR count). The van der Waals surface area contributed by atoms with Gasteiger partial charge in [-0.15, -0.1) is 0 Å². The van der Waals surface area contributed by atoms with Crippen LogP contribution >= 0.6 is 0 Å². The molecule has 1 aliphatic carbocycles. The van der Waals surface area contributed by atoms with Crippen LogP contribution in [0.3, 0.4) is 0 Å². The first-order valence-electron chi connectivity index (χ1n) is 9.39. The summed E-state index contributed by atoms with van der Waals surface area (Å²) in [5.74, 6) is 0.341. The van der Waals surface area contributed by atoms with Gasteiger partial charge in [-0.1, -0.05) is 37.3 Å². The Hall–Kier alpha value is -2.67. The Kier molecular flexibility index (Phi) is 4.70. The third kappa shape index (κ3) is 3.23. The molecule has 2 heterocycles. The SMILES string of the molecule is CC[C@@H](c1ccccc1)n1nc(C(=O)NC)cc1C(=O)NC1[C@H]2COC[C@@H]12. The highest BCUT2D eigenvalue weighted by Gasteiger charge is 2.55. The van der Waals surface area contributed by atoms with E-state index in [-0.39, 0.29) is 29.6 Å². The fraction of sp³-hybridized carbons (Fsp3) is 0.450. The molecule has 0 radical (unpaired) electrons.